The Hall–Kier alpha value is -0.990. The lowest BCUT2D eigenvalue weighted by molar-refractivity contribution is -0.117. The van der Waals surface area contributed by atoms with Crippen LogP contribution in [-0.2, 0) is 4.79 Å². The Bertz CT molecular complexity index is 445. The van der Waals surface area contributed by atoms with Crippen molar-refractivity contribution in [1.82, 2.24) is 5.32 Å². The summed E-state index contributed by atoms with van der Waals surface area (Å²) in [5.41, 5.74) is 0.683. The van der Waals surface area contributed by atoms with E-state index in [1.807, 2.05) is 0 Å². The lowest BCUT2D eigenvalue weighted by Crippen LogP contribution is -2.30. The number of hydrogen-bond acceptors (Lipinski definition) is 1. The molecule has 0 aromatic heterocycles. The molecule has 1 fully saturated rings. The number of amides is 1. The van der Waals surface area contributed by atoms with E-state index in [1.165, 1.54) is 18.9 Å². The molecular formula is C14H15Cl2NO. The normalized spacial score (nSPS) is 16.3. The predicted molar refractivity (Wildman–Crippen MR) is 75.9 cm³/mol. The molecule has 0 spiro atoms. The van der Waals surface area contributed by atoms with Gasteiger partial charge in [-0.3, -0.25) is 4.79 Å². The summed E-state index contributed by atoms with van der Waals surface area (Å²) >= 11 is 12.0. The van der Waals surface area contributed by atoms with Crippen LogP contribution in [0.25, 0.3) is 6.08 Å². The van der Waals surface area contributed by atoms with Gasteiger partial charge < -0.3 is 5.32 Å². The molecule has 1 amide bonds. The first kappa shape index (κ1) is 13.4. The molecule has 0 bridgehead atoms. The zero-order chi connectivity index (χ0) is 13.0. The third-order valence-corrected chi connectivity index (χ3v) is 3.76. The van der Waals surface area contributed by atoms with E-state index >= 15 is 0 Å². The van der Waals surface area contributed by atoms with Crippen LogP contribution in [0, 0.1) is 0 Å². The molecule has 18 heavy (non-hydrogen) atoms. The van der Waals surface area contributed by atoms with Crippen LogP contribution >= 0.6 is 23.2 Å². The van der Waals surface area contributed by atoms with Gasteiger partial charge in [-0.25, -0.2) is 0 Å². The number of carbonyl (C=O) groups is 1. The molecule has 1 aliphatic rings. The molecule has 4 heteroatoms. The Morgan fingerprint density at radius 3 is 2.44 bits per heavy atom. The lowest BCUT2D eigenvalue weighted by atomic mass is 10.2. The molecule has 1 aromatic carbocycles. The van der Waals surface area contributed by atoms with Crippen molar-refractivity contribution in [3.05, 3.63) is 39.9 Å². The van der Waals surface area contributed by atoms with Crippen molar-refractivity contribution in [2.75, 3.05) is 0 Å². The fourth-order valence-electron chi connectivity index (χ4n) is 2.15. The van der Waals surface area contributed by atoms with Crippen molar-refractivity contribution < 1.29 is 4.79 Å². The third kappa shape index (κ3) is 3.50. The molecule has 1 aliphatic carbocycles. The molecule has 0 aliphatic heterocycles. The number of hydrogen-bond donors (Lipinski definition) is 1. The van der Waals surface area contributed by atoms with Crippen LogP contribution in [-0.4, -0.2) is 11.9 Å². The molecule has 0 heterocycles. The lowest BCUT2D eigenvalue weighted by Gasteiger charge is -2.09. The summed E-state index contributed by atoms with van der Waals surface area (Å²) in [5.74, 6) is -0.0853. The first-order chi connectivity index (χ1) is 8.66. The van der Waals surface area contributed by atoms with Gasteiger partial charge in [0.2, 0.25) is 5.91 Å². The van der Waals surface area contributed by atoms with Crippen molar-refractivity contribution in [3.63, 3.8) is 0 Å². The maximum atomic E-state index is 11.7. The van der Waals surface area contributed by atoms with Crippen LogP contribution in [0.15, 0.2) is 24.3 Å². The summed E-state index contributed by atoms with van der Waals surface area (Å²) < 4.78 is 0. The van der Waals surface area contributed by atoms with Gasteiger partial charge in [-0.2, -0.15) is 0 Å². The van der Waals surface area contributed by atoms with Gasteiger partial charge in [-0.15, -0.1) is 0 Å². The standard InChI is InChI=1S/C14H15Cl2NO/c15-12-6-3-7-13(16)11(12)8-9-14(18)17-10-4-1-2-5-10/h3,6-10H,1-2,4-5H2,(H,17,18). The predicted octanol–water partition coefficient (Wildman–Crippen LogP) is 4.07. The smallest absolute Gasteiger partial charge is 0.244 e. The second-order valence-electron chi connectivity index (χ2n) is 4.46. The van der Waals surface area contributed by atoms with E-state index in [0.717, 1.165) is 12.8 Å². The summed E-state index contributed by atoms with van der Waals surface area (Å²) in [7, 11) is 0. The highest BCUT2D eigenvalue weighted by Gasteiger charge is 2.15. The van der Waals surface area contributed by atoms with Gasteiger partial charge in [0, 0.05) is 27.7 Å². The molecular weight excluding hydrogens is 269 g/mol. The first-order valence-corrected chi connectivity index (χ1v) is 6.85. The molecule has 96 valence electrons. The van der Waals surface area contributed by atoms with Gasteiger partial charge in [-0.05, 0) is 31.1 Å². The second kappa shape index (κ2) is 6.26. The Balaban J connectivity index is 1.99. The zero-order valence-electron chi connectivity index (χ0n) is 9.96. The van der Waals surface area contributed by atoms with Gasteiger partial charge in [0.05, 0.1) is 0 Å². The Kier molecular flexibility index (Phi) is 4.67. The second-order valence-corrected chi connectivity index (χ2v) is 5.27. The van der Waals surface area contributed by atoms with Crippen molar-refractivity contribution in [3.8, 4) is 0 Å². The van der Waals surface area contributed by atoms with E-state index in [9.17, 15) is 4.79 Å². The average Bonchev–Trinajstić information content (AvgIpc) is 2.81. The highest BCUT2D eigenvalue weighted by atomic mass is 35.5. The van der Waals surface area contributed by atoms with Crippen LogP contribution in [0.5, 0.6) is 0 Å². The van der Waals surface area contributed by atoms with Gasteiger partial charge in [0.15, 0.2) is 0 Å². The van der Waals surface area contributed by atoms with Crippen LogP contribution in [0.4, 0.5) is 0 Å². The van der Waals surface area contributed by atoms with Gasteiger partial charge in [0.25, 0.3) is 0 Å². The minimum absolute atomic E-state index is 0.0853. The minimum Gasteiger partial charge on any atom is -0.350 e. The highest BCUT2D eigenvalue weighted by molar-refractivity contribution is 6.37. The first-order valence-electron chi connectivity index (χ1n) is 6.09. The number of benzene rings is 1. The third-order valence-electron chi connectivity index (χ3n) is 3.10. The Labute approximate surface area is 117 Å². The monoisotopic (exact) mass is 283 g/mol. The topological polar surface area (TPSA) is 29.1 Å². The highest BCUT2D eigenvalue weighted by Crippen LogP contribution is 2.25. The fourth-order valence-corrected chi connectivity index (χ4v) is 2.67. The van der Waals surface area contributed by atoms with E-state index in [4.69, 9.17) is 23.2 Å². The van der Waals surface area contributed by atoms with E-state index < -0.39 is 0 Å². The van der Waals surface area contributed by atoms with Crippen molar-refractivity contribution >= 4 is 35.2 Å². The molecule has 0 atom stereocenters. The quantitative estimate of drug-likeness (QED) is 0.833. The largest absolute Gasteiger partial charge is 0.350 e. The van der Waals surface area contributed by atoms with Crippen LogP contribution in [0.1, 0.15) is 31.2 Å². The zero-order valence-corrected chi connectivity index (χ0v) is 11.5. The fraction of sp³-hybridized carbons (Fsp3) is 0.357. The molecule has 0 saturated heterocycles. The average molecular weight is 284 g/mol. The number of nitrogens with one attached hydrogen (secondary N) is 1. The maximum absolute atomic E-state index is 11.7. The summed E-state index contributed by atoms with van der Waals surface area (Å²) in [6, 6.07) is 5.61. The van der Waals surface area contributed by atoms with Crippen molar-refractivity contribution in [2.24, 2.45) is 0 Å². The Morgan fingerprint density at radius 1 is 1.22 bits per heavy atom. The van der Waals surface area contributed by atoms with Crippen LogP contribution in [0.3, 0.4) is 0 Å². The SMILES string of the molecule is O=C(C=Cc1c(Cl)cccc1Cl)NC1CCCC1. The summed E-state index contributed by atoms with van der Waals surface area (Å²) in [4.78, 5) is 11.7. The van der Waals surface area contributed by atoms with E-state index in [0.29, 0.717) is 21.7 Å². The molecule has 1 aromatic rings. The summed E-state index contributed by atoms with van der Waals surface area (Å²) in [6.07, 6.45) is 7.70. The van der Waals surface area contributed by atoms with Gasteiger partial charge in [0.1, 0.15) is 0 Å². The molecule has 2 rings (SSSR count). The summed E-state index contributed by atoms with van der Waals surface area (Å²) in [5, 5.41) is 4.07. The number of rotatable bonds is 3. The Morgan fingerprint density at radius 2 is 1.83 bits per heavy atom. The summed E-state index contributed by atoms with van der Waals surface area (Å²) in [6.45, 7) is 0. The van der Waals surface area contributed by atoms with E-state index in [2.05, 4.69) is 5.32 Å². The van der Waals surface area contributed by atoms with Crippen molar-refractivity contribution in [1.29, 1.82) is 0 Å². The van der Waals surface area contributed by atoms with E-state index in [-0.39, 0.29) is 5.91 Å². The molecule has 0 unspecified atom stereocenters. The van der Waals surface area contributed by atoms with Crippen molar-refractivity contribution in [2.45, 2.75) is 31.7 Å². The van der Waals surface area contributed by atoms with E-state index in [1.54, 1.807) is 24.3 Å². The molecule has 1 saturated carbocycles. The number of halogens is 2. The maximum Gasteiger partial charge on any atom is 0.244 e. The van der Waals surface area contributed by atoms with Crippen LogP contribution < -0.4 is 5.32 Å². The molecule has 2 nitrogen and oxygen atoms in total. The number of carbonyl (C=O) groups excluding carboxylic acids is 1. The van der Waals surface area contributed by atoms with Gasteiger partial charge in [-0.1, -0.05) is 42.1 Å². The van der Waals surface area contributed by atoms with Crippen LogP contribution in [0.2, 0.25) is 10.0 Å². The van der Waals surface area contributed by atoms with Gasteiger partial charge >= 0.3 is 0 Å². The minimum atomic E-state index is -0.0853. The molecule has 1 N–H and O–H groups in total. The molecule has 0 radical (unpaired) electrons.